The van der Waals surface area contributed by atoms with Gasteiger partial charge in [-0.1, -0.05) is 12.1 Å². The Morgan fingerprint density at radius 1 is 1.40 bits per heavy atom. The maximum Gasteiger partial charge on any atom is 0.0913 e. The standard InChI is InChI=1S/C7H9FN2/c1-10(8)7-5-3-2-4-6(7)9/h2-5H,9H2,1H3. The average Bonchev–Trinajstić information content (AvgIpc) is 1.88. The number of anilines is 2. The molecule has 0 unspecified atom stereocenters. The molecule has 0 saturated carbocycles. The monoisotopic (exact) mass is 140 g/mol. The molecule has 1 aromatic rings. The lowest BCUT2D eigenvalue weighted by Crippen LogP contribution is -2.04. The molecule has 0 aliphatic carbocycles. The predicted octanol–water partition coefficient (Wildman–Crippen LogP) is 1.59. The number of para-hydroxylation sites is 2. The van der Waals surface area contributed by atoms with Gasteiger partial charge in [0.2, 0.25) is 0 Å². The van der Waals surface area contributed by atoms with E-state index in [4.69, 9.17) is 5.73 Å². The van der Waals surface area contributed by atoms with Crippen LogP contribution in [0.25, 0.3) is 0 Å². The van der Waals surface area contributed by atoms with Crippen LogP contribution in [0.15, 0.2) is 24.3 Å². The van der Waals surface area contributed by atoms with Gasteiger partial charge in [-0.3, -0.25) is 0 Å². The molecule has 0 saturated heterocycles. The molecule has 0 aliphatic rings. The SMILES string of the molecule is CN(F)c1ccccc1N. The third kappa shape index (κ3) is 1.18. The van der Waals surface area contributed by atoms with Crippen LogP contribution in [0, 0.1) is 0 Å². The fourth-order valence-electron chi connectivity index (χ4n) is 0.768. The third-order valence-electron chi connectivity index (χ3n) is 1.27. The summed E-state index contributed by atoms with van der Waals surface area (Å²) in [6.45, 7) is 0. The lowest BCUT2D eigenvalue weighted by atomic mass is 10.3. The molecular weight excluding hydrogens is 131 g/mol. The number of benzene rings is 1. The van der Waals surface area contributed by atoms with Crippen LogP contribution in [-0.4, -0.2) is 7.05 Å². The van der Waals surface area contributed by atoms with Gasteiger partial charge in [-0.25, -0.2) is 5.12 Å². The van der Waals surface area contributed by atoms with Gasteiger partial charge in [-0.05, 0) is 12.1 Å². The second kappa shape index (κ2) is 2.56. The van der Waals surface area contributed by atoms with Crippen LogP contribution in [0.2, 0.25) is 0 Å². The van der Waals surface area contributed by atoms with Crippen LogP contribution in [0.4, 0.5) is 15.9 Å². The van der Waals surface area contributed by atoms with Gasteiger partial charge in [0.1, 0.15) is 0 Å². The van der Waals surface area contributed by atoms with Gasteiger partial charge < -0.3 is 5.73 Å². The van der Waals surface area contributed by atoms with Crippen LogP contribution >= 0.6 is 0 Å². The lowest BCUT2D eigenvalue weighted by molar-refractivity contribution is 0.476. The van der Waals surface area contributed by atoms with E-state index in [1.807, 2.05) is 0 Å². The first-order valence-corrected chi connectivity index (χ1v) is 2.96. The molecule has 3 heteroatoms. The van der Waals surface area contributed by atoms with Crippen molar-refractivity contribution in [2.75, 3.05) is 17.9 Å². The number of nitrogens with two attached hydrogens (primary N) is 1. The smallest absolute Gasteiger partial charge is 0.0913 e. The number of hydrogen-bond donors (Lipinski definition) is 1. The fraction of sp³-hybridized carbons (Fsp3) is 0.143. The summed E-state index contributed by atoms with van der Waals surface area (Å²) in [6.07, 6.45) is 0. The van der Waals surface area contributed by atoms with Crippen molar-refractivity contribution in [3.8, 4) is 0 Å². The van der Waals surface area contributed by atoms with E-state index >= 15 is 0 Å². The summed E-state index contributed by atoms with van der Waals surface area (Å²) in [7, 11) is 1.31. The van der Waals surface area contributed by atoms with E-state index in [0.717, 1.165) is 0 Å². The van der Waals surface area contributed by atoms with Crippen LogP contribution in [0.5, 0.6) is 0 Å². The molecule has 0 radical (unpaired) electrons. The Labute approximate surface area is 59.0 Å². The van der Waals surface area contributed by atoms with E-state index in [1.165, 1.54) is 7.05 Å². The topological polar surface area (TPSA) is 29.3 Å². The van der Waals surface area contributed by atoms with Crippen LogP contribution < -0.4 is 10.9 Å². The van der Waals surface area contributed by atoms with E-state index < -0.39 is 0 Å². The van der Waals surface area contributed by atoms with Gasteiger partial charge >= 0.3 is 0 Å². The third-order valence-corrected chi connectivity index (χ3v) is 1.27. The molecule has 10 heavy (non-hydrogen) atoms. The quantitative estimate of drug-likeness (QED) is 0.474. The zero-order valence-electron chi connectivity index (χ0n) is 5.71. The molecule has 0 bridgehead atoms. The molecule has 2 N–H and O–H groups in total. The molecule has 1 rings (SSSR count). The Balaban J connectivity index is 3.03. The summed E-state index contributed by atoms with van der Waals surface area (Å²) in [4.78, 5) is 0. The molecule has 0 aliphatic heterocycles. The highest BCUT2D eigenvalue weighted by molar-refractivity contribution is 5.65. The first kappa shape index (κ1) is 6.86. The minimum atomic E-state index is 0.405. The Bertz CT molecular complexity index is 223. The molecule has 1 aromatic carbocycles. The van der Waals surface area contributed by atoms with Crippen LogP contribution in [0.1, 0.15) is 0 Å². The fourth-order valence-corrected chi connectivity index (χ4v) is 0.768. The lowest BCUT2D eigenvalue weighted by Gasteiger charge is -2.08. The minimum Gasteiger partial charge on any atom is -0.397 e. The molecule has 0 heterocycles. The van der Waals surface area contributed by atoms with E-state index in [1.54, 1.807) is 24.3 Å². The summed E-state index contributed by atoms with van der Waals surface area (Å²) in [5.74, 6) is 0. The predicted molar refractivity (Wildman–Crippen MR) is 40.4 cm³/mol. The van der Waals surface area contributed by atoms with Crippen LogP contribution in [0.3, 0.4) is 0 Å². The van der Waals surface area contributed by atoms with Crippen molar-refractivity contribution in [1.82, 2.24) is 0 Å². The van der Waals surface area contributed by atoms with Crippen molar-refractivity contribution in [2.45, 2.75) is 0 Å². The zero-order valence-corrected chi connectivity index (χ0v) is 5.71. The number of nitrogens with zero attached hydrogens (tertiary/aromatic N) is 1. The van der Waals surface area contributed by atoms with E-state index in [-0.39, 0.29) is 0 Å². The molecule has 0 amide bonds. The van der Waals surface area contributed by atoms with Gasteiger partial charge in [-0.2, -0.15) is 0 Å². The van der Waals surface area contributed by atoms with Gasteiger partial charge in [0.15, 0.2) is 0 Å². The minimum absolute atomic E-state index is 0.405. The summed E-state index contributed by atoms with van der Waals surface area (Å²) >= 11 is 0. The average molecular weight is 140 g/mol. The maximum absolute atomic E-state index is 12.4. The highest BCUT2D eigenvalue weighted by atomic mass is 19.2. The number of hydrogen-bond acceptors (Lipinski definition) is 2. The first-order chi connectivity index (χ1) is 4.72. The highest BCUT2D eigenvalue weighted by Gasteiger charge is 2.00. The highest BCUT2D eigenvalue weighted by Crippen LogP contribution is 2.20. The van der Waals surface area contributed by atoms with Gasteiger partial charge in [-0.15, -0.1) is 4.48 Å². The Morgan fingerprint density at radius 3 is 2.40 bits per heavy atom. The molecule has 0 fully saturated rings. The molecular formula is C7H9FN2. The first-order valence-electron chi connectivity index (χ1n) is 2.96. The second-order valence-electron chi connectivity index (χ2n) is 2.04. The number of nitrogen functional groups attached to an aromatic ring is 1. The van der Waals surface area contributed by atoms with Crippen molar-refractivity contribution < 1.29 is 4.48 Å². The van der Waals surface area contributed by atoms with Gasteiger partial charge in [0.25, 0.3) is 0 Å². The number of rotatable bonds is 1. The maximum atomic E-state index is 12.4. The summed E-state index contributed by atoms with van der Waals surface area (Å²) in [6, 6.07) is 6.78. The van der Waals surface area contributed by atoms with Crippen molar-refractivity contribution >= 4 is 11.4 Å². The van der Waals surface area contributed by atoms with E-state index in [9.17, 15) is 4.48 Å². The normalized spacial score (nSPS) is 9.40. The summed E-state index contributed by atoms with van der Waals surface area (Å²) in [5.41, 5.74) is 6.30. The molecule has 2 nitrogen and oxygen atoms in total. The largest absolute Gasteiger partial charge is 0.397 e. The molecule has 0 atom stereocenters. The van der Waals surface area contributed by atoms with Crippen molar-refractivity contribution in [3.63, 3.8) is 0 Å². The Hall–Kier alpha value is -1.25. The Morgan fingerprint density at radius 2 is 2.00 bits per heavy atom. The van der Waals surface area contributed by atoms with E-state index in [0.29, 0.717) is 16.5 Å². The zero-order chi connectivity index (χ0) is 7.56. The van der Waals surface area contributed by atoms with Crippen molar-refractivity contribution in [2.24, 2.45) is 0 Å². The molecule has 54 valence electrons. The van der Waals surface area contributed by atoms with E-state index in [2.05, 4.69) is 0 Å². The Kier molecular flexibility index (Phi) is 1.76. The van der Waals surface area contributed by atoms with Crippen molar-refractivity contribution in [1.29, 1.82) is 0 Å². The summed E-state index contributed by atoms with van der Waals surface area (Å²) in [5, 5.41) is 0.495. The molecule has 0 spiro atoms. The second-order valence-corrected chi connectivity index (χ2v) is 2.04. The van der Waals surface area contributed by atoms with Gasteiger partial charge in [0.05, 0.1) is 11.4 Å². The molecule has 0 aromatic heterocycles. The van der Waals surface area contributed by atoms with Gasteiger partial charge in [0, 0.05) is 7.05 Å². The number of halogens is 1. The van der Waals surface area contributed by atoms with Crippen LogP contribution in [-0.2, 0) is 0 Å². The van der Waals surface area contributed by atoms with Crippen molar-refractivity contribution in [3.05, 3.63) is 24.3 Å². The summed E-state index contributed by atoms with van der Waals surface area (Å²) < 4.78 is 12.4.